The molecule has 0 saturated heterocycles. The molecule has 21 heavy (non-hydrogen) atoms. The van der Waals surface area contributed by atoms with Crippen LogP contribution in [-0.4, -0.2) is 35.3 Å². The predicted molar refractivity (Wildman–Crippen MR) is 78.4 cm³/mol. The van der Waals surface area contributed by atoms with Crippen LogP contribution in [0.4, 0.5) is 0 Å². The molecule has 0 bridgehead atoms. The van der Waals surface area contributed by atoms with Crippen molar-refractivity contribution in [2.45, 2.75) is 6.42 Å². The molecule has 0 spiro atoms. The van der Waals surface area contributed by atoms with Crippen molar-refractivity contribution in [2.24, 2.45) is 5.73 Å². The summed E-state index contributed by atoms with van der Waals surface area (Å²) < 4.78 is 5.68. The van der Waals surface area contributed by atoms with Gasteiger partial charge in [0.15, 0.2) is 0 Å². The Kier molecular flexibility index (Phi) is 6.70. The first-order chi connectivity index (χ1) is 10.1. The fourth-order valence-corrected chi connectivity index (χ4v) is 1.59. The van der Waals surface area contributed by atoms with Crippen LogP contribution in [0.2, 0.25) is 0 Å². The first-order valence-corrected chi connectivity index (χ1v) is 6.33. The molecule has 6 nitrogen and oxygen atoms in total. The topological polar surface area (TPSA) is 110 Å². The van der Waals surface area contributed by atoms with E-state index in [4.69, 9.17) is 30.3 Å². The number of nitrogens with two attached hydrogens (primary N) is 1. The number of hydrogen-bond acceptors (Lipinski definition) is 4. The fourth-order valence-electron chi connectivity index (χ4n) is 1.59. The zero-order valence-electron chi connectivity index (χ0n) is 11.4. The molecular formula is C15H17NO5. The van der Waals surface area contributed by atoms with Gasteiger partial charge in [0.25, 0.3) is 0 Å². The highest BCUT2D eigenvalue weighted by Gasteiger charge is 2.04. The number of fused-ring (bicyclic) bond motifs is 1. The Morgan fingerprint density at radius 3 is 2.24 bits per heavy atom. The summed E-state index contributed by atoms with van der Waals surface area (Å²) in [5.41, 5.74) is 5.43. The summed E-state index contributed by atoms with van der Waals surface area (Å²) in [6.45, 7) is 1.36. The summed E-state index contributed by atoms with van der Waals surface area (Å²) >= 11 is 0. The van der Waals surface area contributed by atoms with Gasteiger partial charge in [-0.15, -0.1) is 0 Å². The number of benzene rings is 2. The standard InChI is InChI=1S/C13H15NO.C2H2O4/c14-9-4-10-15-13-8-3-6-11-5-1-2-7-12(11)13;3-1(4)2(5)6/h1-3,5-8H,4,9-10,14H2;(H,3,4)(H,5,6). The van der Waals surface area contributed by atoms with Crippen molar-refractivity contribution in [1.29, 1.82) is 0 Å². The minimum atomic E-state index is -1.82. The van der Waals surface area contributed by atoms with E-state index in [-0.39, 0.29) is 0 Å². The number of ether oxygens (including phenoxy) is 1. The maximum Gasteiger partial charge on any atom is 0.414 e. The zero-order valence-corrected chi connectivity index (χ0v) is 11.4. The van der Waals surface area contributed by atoms with Crippen LogP contribution in [0.5, 0.6) is 5.75 Å². The number of aliphatic carboxylic acids is 2. The Balaban J connectivity index is 0.000000315. The van der Waals surface area contributed by atoms with Crippen LogP contribution >= 0.6 is 0 Å². The van der Waals surface area contributed by atoms with Crippen molar-refractivity contribution in [3.63, 3.8) is 0 Å². The lowest BCUT2D eigenvalue weighted by atomic mass is 10.1. The van der Waals surface area contributed by atoms with E-state index < -0.39 is 11.9 Å². The van der Waals surface area contributed by atoms with Gasteiger partial charge in [-0.2, -0.15) is 0 Å². The molecule has 2 aromatic carbocycles. The molecule has 112 valence electrons. The predicted octanol–water partition coefficient (Wildman–Crippen LogP) is 1.72. The number of rotatable bonds is 4. The molecule has 0 unspecified atom stereocenters. The van der Waals surface area contributed by atoms with Gasteiger partial charge in [0.05, 0.1) is 6.61 Å². The first kappa shape index (κ1) is 16.5. The average Bonchev–Trinajstić information content (AvgIpc) is 2.48. The molecule has 2 rings (SSSR count). The van der Waals surface area contributed by atoms with Crippen molar-refractivity contribution in [3.05, 3.63) is 42.5 Å². The summed E-state index contributed by atoms with van der Waals surface area (Å²) in [6.07, 6.45) is 0.892. The van der Waals surface area contributed by atoms with E-state index in [1.54, 1.807) is 0 Å². The van der Waals surface area contributed by atoms with Gasteiger partial charge in [-0.3, -0.25) is 0 Å². The highest BCUT2D eigenvalue weighted by molar-refractivity contribution is 6.27. The molecule has 0 amide bonds. The molecule has 6 heteroatoms. The lowest BCUT2D eigenvalue weighted by Crippen LogP contribution is -2.09. The molecule has 0 heterocycles. The molecule has 0 radical (unpaired) electrons. The van der Waals surface area contributed by atoms with Crippen molar-refractivity contribution in [1.82, 2.24) is 0 Å². The number of carboxylic acids is 2. The SMILES string of the molecule is NCCCOc1cccc2ccccc12.O=C(O)C(=O)O. The van der Waals surface area contributed by atoms with Gasteiger partial charge in [-0.05, 0) is 24.4 Å². The van der Waals surface area contributed by atoms with Gasteiger partial charge in [0.2, 0.25) is 0 Å². The molecule has 0 atom stereocenters. The fraction of sp³-hybridized carbons (Fsp3) is 0.200. The Bertz CT molecular complexity index is 595. The van der Waals surface area contributed by atoms with Gasteiger partial charge in [-0.1, -0.05) is 36.4 Å². The number of carbonyl (C=O) groups is 2. The Labute approximate surface area is 121 Å². The van der Waals surface area contributed by atoms with Crippen molar-refractivity contribution in [2.75, 3.05) is 13.2 Å². The highest BCUT2D eigenvalue weighted by Crippen LogP contribution is 2.24. The summed E-state index contributed by atoms with van der Waals surface area (Å²) in [6, 6.07) is 14.3. The average molecular weight is 291 g/mol. The summed E-state index contributed by atoms with van der Waals surface area (Å²) in [5.74, 6) is -2.70. The van der Waals surface area contributed by atoms with Crippen LogP contribution in [0.3, 0.4) is 0 Å². The van der Waals surface area contributed by atoms with Crippen LogP contribution < -0.4 is 10.5 Å². The normalized spacial score (nSPS) is 9.57. The van der Waals surface area contributed by atoms with Gasteiger partial charge >= 0.3 is 11.9 Å². The van der Waals surface area contributed by atoms with Crippen LogP contribution in [-0.2, 0) is 9.59 Å². The van der Waals surface area contributed by atoms with Gasteiger partial charge in [0, 0.05) is 5.39 Å². The van der Waals surface area contributed by atoms with E-state index in [1.807, 2.05) is 24.3 Å². The lowest BCUT2D eigenvalue weighted by Gasteiger charge is -2.08. The highest BCUT2D eigenvalue weighted by atomic mass is 16.5. The third-order valence-electron chi connectivity index (χ3n) is 2.54. The summed E-state index contributed by atoms with van der Waals surface area (Å²) in [7, 11) is 0. The van der Waals surface area contributed by atoms with Crippen LogP contribution in [0, 0.1) is 0 Å². The smallest absolute Gasteiger partial charge is 0.414 e. The summed E-state index contributed by atoms with van der Waals surface area (Å²) in [5, 5.41) is 17.2. The second-order valence-electron chi connectivity index (χ2n) is 4.08. The third kappa shape index (κ3) is 5.50. The second kappa shape index (κ2) is 8.55. The maximum atomic E-state index is 9.10. The van der Waals surface area contributed by atoms with E-state index in [9.17, 15) is 0 Å². The van der Waals surface area contributed by atoms with Crippen LogP contribution in [0.15, 0.2) is 42.5 Å². The number of hydrogen-bond donors (Lipinski definition) is 3. The first-order valence-electron chi connectivity index (χ1n) is 6.33. The van der Waals surface area contributed by atoms with Crippen molar-refractivity contribution in [3.8, 4) is 5.75 Å². The largest absolute Gasteiger partial charge is 0.493 e. The Morgan fingerprint density at radius 2 is 1.62 bits per heavy atom. The molecule has 0 saturated carbocycles. The second-order valence-corrected chi connectivity index (χ2v) is 4.08. The number of carboxylic acid groups (broad SMARTS) is 2. The van der Waals surface area contributed by atoms with E-state index in [1.165, 1.54) is 5.39 Å². The molecule has 4 N–H and O–H groups in total. The maximum absolute atomic E-state index is 9.10. The van der Waals surface area contributed by atoms with Crippen LogP contribution in [0.25, 0.3) is 10.8 Å². The quantitative estimate of drug-likeness (QED) is 0.584. The monoisotopic (exact) mass is 291 g/mol. The Morgan fingerprint density at radius 1 is 1.00 bits per heavy atom. The van der Waals surface area contributed by atoms with E-state index in [0.29, 0.717) is 13.2 Å². The molecular weight excluding hydrogens is 274 g/mol. The minimum absolute atomic E-state index is 0.671. The molecule has 0 aliphatic rings. The molecule has 0 fully saturated rings. The molecule has 0 aromatic heterocycles. The molecule has 0 aliphatic carbocycles. The van der Waals surface area contributed by atoms with E-state index >= 15 is 0 Å². The van der Waals surface area contributed by atoms with Crippen molar-refractivity contribution >= 4 is 22.7 Å². The molecule has 0 aliphatic heterocycles. The molecule has 2 aromatic rings. The lowest BCUT2D eigenvalue weighted by molar-refractivity contribution is -0.159. The van der Waals surface area contributed by atoms with Gasteiger partial charge in [0.1, 0.15) is 5.75 Å². The van der Waals surface area contributed by atoms with E-state index in [0.717, 1.165) is 17.6 Å². The summed E-state index contributed by atoms with van der Waals surface area (Å²) in [4.78, 5) is 18.2. The van der Waals surface area contributed by atoms with Gasteiger partial charge < -0.3 is 20.7 Å². The Hall–Kier alpha value is -2.60. The van der Waals surface area contributed by atoms with Crippen molar-refractivity contribution < 1.29 is 24.5 Å². The van der Waals surface area contributed by atoms with E-state index in [2.05, 4.69) is 18.2 Å². The minimum Gasteiger partial charge on any atom is -0.493 e. The third-order valence-corrected chi connectivity index (χ3v) is 2.54. The van der Waals surface area contributed by atoms with Gasteiger partial charge in [-0.25, -0.2) is 9.59 Å². The zero-order chi connectivity index (χ0) is 15.7. The van der Waals surface area contributed by atoms with Crippen LogP contribution in [0.1, 0.15) is 6.42 Å².